The average molecular weight is 371 g/mol. The summed E-state index contributed by atoms with van der Waals surface area (Å²) in [5.41, 5.74) is 1.80. The zero-order valence-corrected chi connectivity index (χ0v) is 15.0. The first kappa shape index (κ1) is 18.3. The van der Waals surface area contributed by atoms with Gasteiger partial charge in [0.05, 0.1) is 18.5 Å². The second-order valence-electron chi connectivity index (χ2n) is 5.47. The van der Waals surface area contributed by atoms with Gasteiger partial charge in [-0.15, -0.1) is 0 Å². The zero-order chi connectivity index (χ0) is 17.7. The van der Waals surface area contributed by atoms with Crippen molar-refractivity contribution < 1.29 is 13.2 Å². The van der Waals surface area contributed by atoms with E-state index in [0.717, 1.165) is 17.4 Å². The highest BCUT2D eigenvalue weighted by molar-refractivity contribution is 7.90. The molecule has 2 N–H and O–H groups in total. The second kappa shape index (κ2) is 7.67. The fourth-order valence-corrected chi connectivity index (χ4v) is 2.63. The summed E-state index contributed by atoms with van der Waals surface area (Å²) in [4.78, 5) is 11.9. The Morgan fingerprint density at radius 3 is 2.58 bits per heavy atom. The molecule has 2 rings (SSSR count). The van der Waals surface area contributed by atoms with E-state index in [2.05, 4.69) is 15.7 Å². The van der Waals surface area contributed by atoms with Crippen molar-refractivity contribution in [2.45, 2.75) is 13.5 Å². The van der Waals surface area contributed by atoms with Gasteiger partial charge in [-0.2, -0.15) is 5.10 Å². The van der Waals surface area contributed by atoms with Crippen molar-refractivity contribution in [3.63, 3.8) is 0 Å². The van der Waals surface area contributed by atoms with Crippen molar-refractivity contribution >= 4 is 33.3 Å². The molecule has 1 aromatic carbocycles. The Labute approximate surface area is 145 Å². The van der Waals surface area contributed by atoms with Gasteiger partial charge in [-0.05, 0) is 24.6 Å². The second-order valence-corrected chi connectivity index (χ2v) is 8.17. The van der Waals surface area contributed by atoms with Crippen LogP contribution in [0, 0.1) is 6.92 Å². The molecule has 0 spiro atoms. The third kappa shape index (κ3) is 5.54. The van der Waals surface area contributed by atoms with Crippen LogP contribution >= 0.6 is 11.6 Å². The van der Waals surface area contributed by atoms with Gasteiger partial charge in [-0.25, -0.2) is 17.9 Å². The number of aromatic nitrogens is 2. The maximum absolute atomic E-state index is 11.9. The van der Waals surface area contributed by atoms with Crippen molar-refractivity contribution in [2.75, 3.05) is 23.9 Å². The van der Waals surface area contributed by atoms with Crippen LogP contribution in [0.4, 0.5) is 10.6 Å². The van der Waals surface area contributed by atoms with E-state index in [9.17, 15) is 13.2 Å². The molecule has 0 aliphatic heterocycles. The number of carbonyl (C=O) groups excluding carboxylic acids is 1. The molecule has 0 saturated carbocycles. The third-order valence-electron chi connectivity index (χ3n) is 3.26. The fourth-order valence-electron chi connectivity index (χ4n) is 2.03. The number of carbonyl (C=O) groups is 1. The Kier molecular flexibility index (Phi) is 5.84. The third-order valence-corrected chi connectivity index (χ3v) is 4.46. The maximum Gasteiger partial charge on any atom is 0.320 e. The molecule has 24 heavy (non-hydrogen) atoms. The Morgan fingerprint density at radius 2 is 1.96 bits per heavy atom. The van der Waals surface area contributed by atoms with Gasteiger partial charge < -0.3 is 5.32 Å². The van der Waals surface area contributed by atoms with E-state index in [1.54, 1.807) is 23.0 Å². The van der Waals surface area contributed by atoms with Crippen LogP contribution in [-0.2, 0) is 16.4 Å². The molecule has 1 heterocycles. The number of hydrogen-bond acceptors (Lipinski definition) is 4. The summed E-state index contributed by atoms with van der Waals surface area (Å²) in [5.74, 6) is 0.450. The molecule has 7 nitrogen and oxygen atoms in total. The molecule has 0 saturated heterocycles. The van der Waals surface area contributed by atoms with Gasteiger partial charge in [0.15, 0.2) is 0 Å². The number of anilines is 1. The molecular formula is C15H19ClN4O3S. The molecule has 0 atom stereocenters. The molecule has 0 unspecified atom stereocenters. The normalized spacial score (nSPS) is 11.3. The van der Waals surface area contributed by atoms with Crippen LogP contribution in [0.5, 0.6) is 0 Å². The summed E-state index contributed by atoms with van der Waals surface area (Å²) < 4.78 is 23.8. The molecule has 2 amide bonds. The van der Waals surface area contributed by atoms with E-state index in [1.165, 1.54) is 0 Å². The van der Waals surface area contributed by atoms with Gasteiger partial charge in [-0.1, -0.05) is 23.7 Å². The number of aryl methyl sites for hydroxylation is 1. The smallest absolute Gasteiger partial charge is 0.320 e. The summed E-state index contributed by atoms with van der Waals surface area (Å²) in [6.45, 7) is 2.36. The van der Waals surface area contributed by atoms with E-state index in [4.69, 9.17) is 11.6 Å². The quantitative estimate of drug-likeness (QED) is 0.813. The first-order valence-electron chi connectivity index (χ1n) is 7.24. The fraction of sp³-hybridized carbons (Fsp3) is 0.333. The Hall–Kier alpha value is -2.06. The van der Waals surface area contributed by atoms with Crippen LogP contribution in [-0.4, -0.2) is 42.8 Å². The summed E-state index contributed by atoms with van der Waals surface area (Å²) in [6.07, 6.45) is 2.78. The van der Waals surface area contributed by atoms with Gasteiger partial charge in [0.25, 0.3) is 0 Å². The van der Waals surface area contributed by atoms with Gasteiger partial charge in [0.2, 0.25) is 0 Å². The van der Waals surface area contributed by atoms with Crippen molar-refractivity contribution in [3.8, 4) is 0 Å². The average Bonchev–Trinajstić information content (AvgIpc) is 2.81. The molecular weight excluding hydrogens is 352 g/mol. The molecule has 0 radical (unpaired) electrons. The van der Waals surface area contributed by atoms with Gasteiger partial charge in [0, 0.05) is 23.4 Å². The summed E-state index contributed by atoms with van der Waals surface area (Å²) in [5, 5.41) is 10.1. The highest BCUT2D eigenvalue weighted by Gasteiger charge is 2.12. The van der Waals surface area contributed by atoms with E-state index in [-0.39, 0.29) is 12.3 Å². The number of nitrogens with one attached hydrogen (secondary N) is 2. The predicted molar refractivity (Wildman–Crippen MR) is 94.3 cm³/mol. The van der Waals surface area contributed by atoms with E-state index < -0.39 is 15.9 Å². The highest BCUT2D eigenvalue weighted by Crippen LogP contribution is 2.17. The van der Waals surface area contributed by atoms with Crippen LogP contribution < -0.4 is 10.6 Å². The van der Waals surface area contributed by atoms with Crippen LogP contribution in [0.1, 0.15) is 11.1 Å². The summed E-state index contributed by atoms with van der Waals surface area (Å²) in [7, 11) is -3.11. The topological polar surface area (TPSA) is 93.1 Å². The number of nitrogens with zero attached hydrogens (tertiary/aromatic N) is 2. The molecule has 0 aliphatic rings. The Morgan fingerprint density at radius 1 is 1.29 bits per heavy atom. The number of sulfone groups is 1. The minimum Gasteiger partial charge on any atom is -0.337 e. The molecule has 9 heteroatoms. The van der Waals surface area contributed by atoms with Crippen LogP contribution in [0.3, 0.4) is 0 Å². The summed E-state index contributed by atoms with van der Waals surface area (Å²) in [6, 6.07) is 6.88. The first-order chi connectivity index (χ1) is 11.2. The molecule has 0 fully saturated rings. The number of benzene rings is 1. The highest BCUT2D eigenvalue weighted by atomic mass is 35.5. The maximum atomic E-state index is 11.9. The lowest BCUT2D eigenvalue weighted by molar-refractivity contribution is 0.252. The molecule has 130 valence electrons. The van der Waals surface area contributed by atoms with Gasteiger partial charge in [-0.3, -0.25) is 5.32 Å². The predicted octanol–water partition coefficient (Wildman–Crippen LogP) is 2.06. The minimum atomic E-state index is -3.11. The van der Waals surface area contributed by atoms with Crippen molar-refractivity contribution in [1.29, 1.82) is 0 Å². The van der Waals surface area contributed by atoms with Crippen molar-refractivity contribution in [2.24, 2.45) is 0 Å². The Balaban J connectivity index is 2.01. The van der Waals surface area contributed by atoms with Gasteiger partial charge in [0.1, 0.15) is 15.7 Å². The van der Waals surface area contributed by atoms with Crippen molar-refractivity contribution in [1.82, 2.24) is 15.1 Å². The van der Waals surface area contributed by atoms with Crippen LogP contribution in [0.25, 0.3) is 0 Å². The number of urea groups is 1. The van der Waals surface area contributed by atoms with E-state index >= 15 is 0 Å². The molecule has 0 aliphatic carbocycles. The lowest BCUT2D eigenvalue weighted by Crippen LogP contribution is -2.33. The zero-order valence-electron chi connectivity index (χ0n) is 13.4. The molecule has 1 aromatic heterocycles. The van der Waals surface area contributed by atoms with Gasteiger partial charge >= 0.3 is 6.03 Å². The molecule has 2 aromatic rings. The standard InChI is InChI=1S/C15H19ClN4O3S/c1-11-9-18-20(10-12-3-5-13(16)6-4-12)14(11)19-15(21)17-7-8-24(2,22)23/h3-6,9H,7-8,10H2,1-2H3,(H2,17,19,21). The number of halogens is 1. The summed E-state index contributed by atoms with van der Waals surface area (Å²) >= 11 is 5.87. The van der Waals surface area contributed by atoms with Crippen LogP contribution in [0.2, 0.25) is 5.02 Å². The SMILES string of the molecule is Cc1cnn(Cc2ccc(Cl)cc2)c1NC(=O)NCCS(C)(=O)=O. The lowest BCUT2D eigenvalue weighted by atomic mass is 10.2. The number of hydrogen-bond donors (Lipinski definition) is 2. The monoisotopic (exact) mass is 370 g/mol. The number of rotatable bonds is 6. The lowest BCUT2D eigenvalue weighted by Gasteiger charge is -2.11. The van der Waals surface area contributed by atoms with Crippen molar-refractivity contribution in [3.05, 3.63) is 46.6 Å². The Bertz CT molecular complexity index is 816. The minimum absolute atomic E-state index is 0.0506. The number of amides is 2. The molecule has 0 bridgehead atoms. The largest absolute Gasteiger partial charge is 0.337 e. The van der Waals surface area contributed by atoms with E-state index in [0.29, 0.717) is 17.4 Å². The van der Waals surface area contributed by atoms with E-state index in [1.807, 2.05) is 19.1 Å². The van der Waals surface area contributed by atoms with Crippen LogP contribution in [0.15, 0.2) is 30.5 Å². The first-order valence-corrected chi connectivity index (χ1v) is 9.68.